The lowest BCUT2D eigenvalue weighted by molar-refractivity contribution is 0.483. The molecule has 2 aromatic carbocycles. The lowest BCUT2D eigenvalue weighted by atomic mass is 10.1. The van der Waals surface area contributed by atoms with Crippen molar-refractivity contribution in [3.8, 4) is 0 Å². The summed E-state index contributed by atoms with van der Waals surface area (Å²) in [4.78, 5) is -0.218. The molecule has 0 aromatic heterocycles. The van der Waals surface area contributed by atoms with Gasteiger partial charge < -0.3 is 5.73 Å². The molecular formula is C14H15N3O3S. The second-order valence-electron chi connectivity index (χ2n) is 4.67. The van der Waals surface area contributed by atoms with Crippen LogP contribution in [0, 0.1) is 13.8 Å². The van der Waals surface area contributed by atoms with Crippen LogP contribution in [-0.4, -0.2) is 13.0 Å². The van der Waals surface area contributed by atoms with Gasteiger partial charge in [-0.25, -0.2) is 0 Å². The van der Waals surface area contributed by atoms with Crippen LogP contribution in [0.1, 0.15) is 11.1 Å². The molecular weight excluding hydrogens is 290 g/mol. The maximum atomic E-state index is 11.1. The molecule has 0 aliphatic rings. The molecule has 0 bridgehead atoms. The highest BCUT2D eigenvalue weighted by atomic mass is 32.2. The number of nitrogens with two attached hydrogens (primary N) is 1. The Balaban J connectivity index is 2.36. The van der Waals surface area contributed by atoms with E-state index >= 15 is 0 Å². The average molecular weight is 305 g/mol. The predicted molar refractivity (Wildman–Crippen MR) is 80.8 cm³/mol. The van der Waals surface area contributed by atoms with Gasteiger partial charge in [0, 0.05) is 5.69 Å². The normalized spacial score (nSPS) is 12.0. The van der Waals surface area contributed by atoms with Crippen LogP contribution in [0.3, 0.4) is 0 Å². The molecule has 0 aliphatic carbocycles. The van der Waals surface area contributed by atoms with Gasteiger partial charge in [-0.05, 0) is 55.3 Å². The number of azo groups is 1. The van der Waals surface area contributed by atoms with Crippen molar-refractivity contribution in [2.24, 2.45) is 10.2 Å². The molecule has 0 unspecified atom stereocenters. The van der Waals surface area contributed by atoms with E-state index in [2.05, 4.69) is 10.2 Å². The van der Waals surface area contributed by atoms with Crippen LogP contribution >= 0.6 is 0 Å². The fourth-order valence-corrected chi connectivity index (χ4v) is 2.27. The number of aryl methyl sites for hydroxylation is 2. The molecule has 0 radical (unpaired) electrons. The summed E-state index contributed by atoms with van der Waals surface area (Å²) < 4.78 is 31.1. The van der Waals surface area contributed by atoms with Crippen LogP contribution in [-0.2, 0) is 10.1 Å². The van der Waals surface area contributed by atoms with Gasteiger partial charge in [-0.1, -0.05) is 6.07 Å². The zero-order chi connectivity index (χ0) is 15.6. The second kappa shape index (κ2) is 5.63. The van der Waals surface area contributed by atoms with E-state index in [1.165, 1.54) is 18.2 Å². The Morgan fingerprint density at radius 1 is 1.05 bits per heavy atom. The molecule has 0 spiro atoms. The van der Waals surface area contributed by atoms with Gasteiger partial charge in [-0.2, -0.15) is 18.6 Å². The molecule has 2 aromatic rings. The van der Waals surface area contributed by atoms with Gasteiger partial charge in [0.05, 0.1) is 16.3 Å². The fourth-order valence-electron chi connectivity index (χ4n) is 1.75. The molecule has 6 nitrogen and oxygen atoms in total. The number of nitrogen functional groups attached to an aromatic ring is 1. The van der Waals surface area contributed by atoms with Crippen molar-refractivity contribution >= 4 is 27.2 Å². The number of benzene rings is 2. The first-order valence-corrected chi connectivity index (χ1v) is 7.57. The molecule has 110 valence electrons. The van der Waals surface area contributed by atoms with E-state index in [4.69, 9.17) is 10.3 Å². The van der Waals surface area contributed by atoms with Crippen molar-refractivity contribution in [3.63, 3.8) is 0 Å². The smallest absolute Gasteiger partial charge is 0.294 e. The van der Waals surface area contributed by atoms with Crippen LogP contribution in [0.2, 0.25) is 0 Å². The third-order valence-corrected chi connectivity index (χ3v) is 3.82. The first kappa shape index (κ1) is 15.1. The Bertz CT molecular complexity index is 814. The first-order valence-electron chi connectivity index (χ1n) is 6.13. The molecule has 21 heavy (non-hydrogen) atoms. The average Bonchev–Trinajstić information content (AvgIpc) is 2.41. The molecule has 0 atom stereocenters. The highest BCUT2D eigenvalue weighted by molar-refractivity contribution is 7.85. The molecule has 2 rings (SSSR count). The van der Waals surface area contributed by atoms with Crippen LogP contribution in [0.4, 0.5) is 17.1 Å². The summed E-state index contributed by atoms with van der Waals surface area (Å²) in [7, 11) is -4.25. The molecule has 0 fully saturated rings. The number of rotatable bonds is 3. The molecule has 0 saturated heterocycles. The standard InChI is InChI=1S/C14H15N3O3S/c1-9-7-14(10(2)6-13(9)15)17-16-11-4-3-5-12(8-11)21(18,19)20/h3-8H,15H2,1-2H3,(H,18,19,20)/b17-16+. The molecule has 0 heterocycles. The second-order valence-corrected chi connectivity index (χ2v) is 6.09. The third-order valence-electron chi connectivity index (χ3n) is 2.97. The predicted octanol–water partition coefficient (Wildman–Crippen LogP) is 3.55. The summed E-state index contributed by atoms with van der Waals surface area (Å²) in [5, 5.41) is 8.09. The number of nitrogens with zero attached hydrogens (tertiary/aromatic N) is 2. The van der Waals surface area contributed by atoms with E-state index in [-0.39, 0.29) is 4.90 Å². The van der Waals surface area contributed by atoms with Crippen molar-refractivity contribution in [2.45, 2.75) is 18.7 Å². The largest absolute Gasteiger partial charge is 0.399 e. The molecule has 0 amide bonds. The van der Waals surface area contributed by atoms with Gasteiger partial charge >= 0.3 is 0 Å². The van der Waals surface area contributed by atoms with Crippen LogP contribution in [0.5, 0.6) is 0 Å². The Morgan fingerprint density at radius 2 is 1.76 bits per heavy atom. The summed E-state index contributed by atoms with van der Waals surface area (Å²) >= 11 is 0. The SMILES string of the molecule is Cc1cc(/N=N/c2cccc(S(=O)(=O)O)c2)c(C)cc1N. The van der Waals surface area contributed by atoms with Crippen molar-refractivity contribution in [2.75, 3.05) is 5.73 Å². The summed E-state index contributed by atoms with van der Waals surface area (Å²) in [6.07, 6.45) is 0. The van der Waals surface area contributed by atoms with Gasteiger partial charge in [0.1, 0.15) is 0 Å². The fraction of sp³-hybridized carbons (Fsp3) is 0.143. The summed E-state index contributed by atoms with van der Waals surface area (Å²) in [6, 6.07) is 9.22. The Kier molecular flexibility index (Phi) is 4.06. The minimum absolute atomic E-state index is 0.218. The van der Waals surface area contributed by atoms with Crippen LogP contribution in [0.15, 0.2) is 51.5 Å². The van der Waals surface area contributed by atoms with E-state index in [0.717, 1.165) is 11.1 Å². The minimum atomic E-state index is -4.25. The van der Waals surface area contributed by atoms with Gasteiger partial charge in [-0.3, -0.25) is 4.55 Å². The third kappa shape index (κ3) is 3.65. The minimum Gasteiger partial charge on any atom is -0.399 e. The lowest BCUT2D eigenvalue weighted by Crippen LogP contribution is -1.96. The van der Waals surface area contributed by atoms with Gasteiger partial charge in [0.2, 0.25) is 0 Å². The maximum Gasteiger partial charge on any atom is 0.294 e. The molecule has 7 heteroatoms. The van der Waals surface area contributed by atoms with E-state index in [1.807, 2.05) is 13.8 Å². The summed E-state index contributed by atoms with van der Waals surface area (Å²) in [5.41, 5.74) is 9.22. The van der Waals surface area contributed by atoms with Crippen molar-refractivity contribution < 1.29 is 13.0 Å². The van der Waals surface area contributed by atoms with E-state index in [1.54, 1.807) is 18.2 Å². The van der Waals surface area contributed by atoms with Crippen molar-refractivity contribution in [1.82, 2.24) is 0 Å². The summed E-state index contributed by atoms with van der Waals surface area (Å²) in [5.74, 6) is 0. The highest BCUT2D eigenvalue weighted by Gasteiger charge is 2.09. The van der Waals surface area contributed by atoms with Gasteiger partial charge in [-0.15, -0.1) is 0 Å². The lowest BCUT2D eigenvalue weighted by Gasteiger charge is -2.04. The molecule has 3 N–H and O–H groups in total. The quantitative estimate of drug-likeness (QED) is 0.514. The Morgan fingerprint density at radius 3 is 2.43 bits per heavy atom. The van der Waals surface area contributed by atoms with E-state index in [0.29, 0.717) is 17.1 Å². The topological polar surface area (TPSA) is 105 Å². The zero-order valence-corrected chi connectivity index (χ0v) is 12.4. The molecule has 0 aliphatic heterocycles. The zero-order valence-electron chi connectivity index (χ0n) is 11.6. The monoisotopic (exact) mass is 305 g/mol. The van der Waals surface area contributed by atoms with Crippen LogP contribution < -0.4 is 5.73 Å². The maximum absolute atomic E-state index is 11.1. The summed E-state index contributed by atoms with van der Waals surface area (Å²) in [6.45, 7) is 3.73. The number of hydrogen-bond acceptors (Lipinski definition) is 5. The van der Waals surface area contributed by atoms with Gasteiger partial charge in [0.25, 0.3) is 10.1 Å². The van der Waals surface area contributed by atoms with E-state index < -0.39 is 10.1 Å². The van der Waals surface area contributed by atoms with E-state index in [9.17, 15) is 8.42 Å². The van der Waals surface area contributed by atoms with Crippen molar-refractivity contribution in [3.05, 3.63) is 47.5 Å². The van der Waals surface area contributed by atoms with Crippen molar-refractivity contribution in [1.29, 1.82) is 0 Å². The first-order chi connectivity index (χ1) is 9.77. The van der Waals surface area contributed by atoms with Gasteiger partial charge in [0.15, 0.2) is 0 Å². The van der Waals surface area contributed by atoms with Crippen LogP contribution in [0.25, 0.3) is 0 Å². The highest BCUT2D eigenvalue weighted by Crippen LogP contribution is 2.27. The molecule has 0 saturated carbocycles. The number of anilines is 1. The number of hydrogen-bond donors (Lipinski definition) is 2. The Labute approximate surface area is 123 Å². The Hall–Kier alpha value is -2.25.